The molecular formula is C42H54CaN4O6S2. The Morgan fingerprint density at radius 2 is 0.873 bits per heavy atom. The van der Waals surface area contributed by atoms with Crippen LogP contribution in [0.25, 0.3) is 0 Å². The van der Waals surface area contributed by atoms with Crippen LogP contribution in [0.4, 0.5) is 22.7 Å². The summed E-state index contributed by atoms with van der Waals surface area (Å²) in [6.07, 6.45) is 13.6. The standard InChI is InChI=1S/2C21H28N2O3S.Ca/c2*1-2-3-4-5-9-15-20-22-21-18(13-10-14-19(21)27(24,25)26)23(20)16-17-11-7-6-8-12-17;/h2*6-8,10-14,20,22H,2-5,9,15-16H2,1H3,(H,24,25,26);/q;;+2/p-2. The van der Waals surface area contributed by atoms with Crippen molar-refractivity contribution < 1.29 is 25.9 Å². The molecule has 55 heavy (non-hydrogen) atoms. The third-order valence-corrected chi connectivity index (χ3v) is 11.9. The average Bonchev–Trinajstić information content (AvgIpc) is 3.68. The van der Waals surface area contributed by atoms with Crippen LogP contribution in [0.1, 0.15) is 102 Å². The molecule has 10 nitrogen and oxygen atoms in total. The number of anilines is 4. The molecule has 0 saturated heterocycles. The third kappa shape index (κ3) is 12.6. The minimum absolute atomic E-state index is 0. The summed E-state index contributed by atoms with van der Waals surface area (Å²) in [5.74, 6) is 0. The van der Waals surface area contributed by atoms with Crippen molar-refractivity contribution in [2.75, 3.05) is 20.4 Å². The zero-order valence-corrected chi connectivity index (χ0v) is 36.0. The van der Waals surface area contributed by atoms with Gasteiger partial charge in [0, 0.05) is 13.1 Å². The first-order valence-electron chi connectivity index (χ1n) is 19.3. The van der Waals surface area contributed by atoms with Gasteiger partial charge in [0.05, 0.1) is 44.9 Å². The maximum Gasteiger partial charge on any atom is 2.00 e. The predicted octanol–water partition coefficient (Wildman–Crippen LogP) is 9.04. The number of hydrogen-bond acceptors (Lipinski definition) is 10. The second-order valence-electron chi connectivity index (χ2n) is 14.2. The van der Waals surface area contributed by atoms with Crippen LogP contribution in [0.15, 0.2) is 107 Å². The fraction of sp³-hybridized carbons (Fsp3) is 0.429. The number of rotatable bonds is 18. The summed E-state index contributed by atoms with van der Waals surface area (Å²) < 4.78 is 70.1. The first-order valence-corrected chi connectivity index (χ1v) is 22.1. The molecule has 0 fully saturated rings. The topological polar surface area (TPSA) is 145 Å². The van der Waals surface area contributed by atoms with Crippen molar-refractivity contribution in [2.45, 2.75) is 126 Å². The Bertz CT molecular complexity index is 1860. The van der Waals surface area contributed by atoms with Gasteiger partial charge in [-0.25, -0.2) is 16.8 Å². The Kier molecular flexibility index (Phi) is 17.6. The molecule has 0 spiro atoms. The SMILES string of the molecule is CCCCCCCC1Nc2c(cccc2S(=O)(=O)[O-])N1Cc1ccccc1.CCCCCCCC1Nc2c(cccc2S(=O)(=O)[O-])N1Cc1ccccc1.[Ca+2]. The molecule has 0 amide bonds. The van der Waals surface area contributed by atoms with E-state index in [-0.39, 0.29) is 59.9 Å². The molecule has 0 saturated carbocycles. The number of hydrogen-bond donors (Lipinski definition) is 2. The Morgan fingerprint density at radius 1 is 0.509 bits per heavy atom. The molecule has 292 valence electrons. The Hall–Kier alpha value is -2.84. The number of benzene rings is 4. The molecule has 0 radical (unpaired) electrons. The molecule has 6 rings (SSSR count). The smallest absolute Gasteiger partial charge is 0.744 e. The van der Waals surface area contributed by atoms with E-state index in [1.807, 2.05) is 48.5 Å². The maximum atomic E-state index is 11.7. The maximum absolute atomic E-state index is 11.7. The van der Waals surface area contributed by atoms with E-state index in [0.29, 0.717) is 24.5 Å². The van der Waals surface area contributed by atoms with Gasteiger partial charge >= 0.3 is 37.7 Å². The Balaban J connectivity index is 0.000000240. The van der Waals surface area contributed by atoms with Gasteiger partial charge < -0.3 is 29.5 Å². The first kappa shape index (κ1) is 44.9. The van der Waals surface area contributed by atoms with Crippen LogP contribution < -0.4 is 20.4 Å². The molecular weight excluding hydrogens is 761 g/mol. The number of nitrogens with zero attached hydrogens (tertiary/aromatic N) is 2. The van der Waals surface area contributed by atoms with Gasteiger partial charge in [-0.1, -0.05) is 138 Å². The molecule has 2 unspecified atom stereocenters. The van der Waals surface area contributed by atoms with E-state index < -0.39 is 20.2 Å². The Labute approximate surface area is 358 Å². The second kappa shape index (κ2) is 21.6. The number of nitrogens with one attached hydrogen (secondary N) is 2. The number of unbranched alkanes of at least 4 members (excludes halogenated alkanes) is 8. The van der Waals surface area contributed by atoms with Crippen molar-refractivity contribution >= 4 is 80.7 Å². The molecule has 2 aliphatic rings. The van der Waals surface area contributed by atoms with Gasteiger partial charge in [0.25, 0.3) is 0 Å². The van der Waals surface area contributed by atoms with E-state index >= 15 is 0 Å². The van der Waals surface area contributed by atoms with Crippen LogP contribution >= 0.6 is 0 Å². The summed E-state index contributed by atoms with van der Waals surface area (Å²) in [7, 11) is -9.04. The van der Waals surface area contributed by atoms with Gasteiger partial charge in [0.15, 0.2) is 0 Å². The van der Waals surface area contributed by atoms with Crippen molar-refractivity contribution in [1.82, 2.24) is 0 Å². The van der Waals surface area contributed by atoms with Crippen LogP contribution in [0.5, 0.6) is 0 Å². The van der Waals surface area contributed by atoms with Crippen molar-refractivity contribution in [1.29, 1.82) is 0 Å². The van der Waals surface area contributed by atoms with E-state index in [0.717, 1.165) is 61.0 Å². The van der Waals surface area contributed by atoms with Gasteiger partial charge in [-0.2, -0.15) is 0 Å². The van der Waals surface area contributed by atoms with E-state index in [1.165, 1.54) is 50.7 Å². The molecule has 4 aromatic carbocycles. The molecule has 0 aromatic heterocycles. The van der Waals surface area contributed by atoms with Crippen molar-refractivity contribution in [2.24, 2.45) is 0 Å². The van der Waals surface area contributed by atoms with Crippen molar-refractivity contribution in [3.63, 3.8) is 0 Å². The zero-order valence-electron chi connectivity index (χ0n) is 32.2. The number of fused-ring (bicyclic) bond motifs is 2. The van der Waals surface area contributed by atoms with Crippen LogP contribution in [0.2, 0.25) is 0 Å². The quantitative estimate of drug-likeness (QED) is 0.0567. The third-order valence-electron chi connectivity index (χ3n) is 10.1. The molecule has 13 heteroatoms. The van der Waals surface area contributed by atoms with Gasteiger partial charge in [0.2, 0.25) is 0 Å². The monoisotopic (exact) mass is 814 g/mol. The normalized spacial score (nSPS) is 15.9. The predicted molar refractivity (Wildman–Crippen MR) is 221 cm³/mol. The van der Waals surface area contributed by atoms with Crippen LogP contribution in [-0.2, 0) is 33.3 Å². The fourth-order valence-corrected chi connectivity index (χ4v) is 8.66. The summed E-state index contributed by atoms with van der Waals surface area (Å²) in [6, 6.07) is 30.0. The first-order chi connectivity index (χ1) is 26.0. The van der Waals surface area contributed by atoms with Gasteiger partial charge in [0.1, 0.15) is 20.2 Å². The molecule has 0 aliphatic carbocycles. The fourth-order valence-electron chi connectivity index (χ4n) is 7.34. The Morgan fingerprint density at radius 3 is 1.22 bits per heavy atom. The van der Waals surface area contributed by atoms with Gasteiger partial charge in [-0.05, 0) is 61.1 Å². The van der Waals surface area contributed by atoms with Gasteiger partial charge in [-0.3, -0.25) is 0 Å². The van der Waals surface area contributed by atoms with E-state index in [1.54, 1.807) is 12.1 Å². The largest absolute Gasteiger partial charge is 2.00 e. The van der Waals surface area contributed by atoms with Crippen LogP contribution in [-0.4, -0.2) is 76.0 Å². The molecule has 2 N–H and O–H groups in total. The summed E-state index contributed by atoms with van der Waals surface area (Å²) in [6.45, 7) is 5.73. The van der Waals surface area contributed by atoms with E-state index in [2.05, 4.69) is 58.5 Å². The molecule has 2 aliphatic heterocycles. The minimum atomic E-state index is -4.52. The van der Waals surface area contributed by atoms with E-state index in [9.17, 15) is 25.9 Å². The van der Waals surface area contributed by atoms with Crippen LogP contribution in [0.3, 0.4) is 0 Å². The molecule has 0 bridgehead atoms. The van der Waals surface area contributed by atoms with Crippen molar-refractivity contribution in [3.8, 4) is 0 Å². The minimum Gasteiger partial charge on any atom is -0.744 e. The summed E-state index contributed by atoms with van der Waals surface area (Å²) in [5, 5.41) is 6.64. The van der Waals surface area contributed by atoms with Gasteiger partial charge in [-0.15, -0.1) is 0 Å². The summed E-state index contributed by atoms with van der Waals surface area (Å²) in [4.78, 5) is 4.04. The van der Waals surface area contributed by atoms with Crippen LogP contribution in [0, 0.1) is 0 Å². The number of para-hydroxylation sites is 2. The molecule has 2 heterocycles. The average molecular weight is 815 g/mol. The molecule has 2 atom stereocenters. The summed E-state index contributed by atoms with van der Waals surface area (Å²) >= 11 is 0. The summed E-state index contributed by atoms with van der Waals surface area (Å²) in [5.41, 5.74) is 4.77. The van der Waals surface area contributed by atoms with E-state index in [4.69, 9.17) is 0 Å². The second-order valence-corrected chi connectivity index (χ2v) is 16.9. The van der Waals surface area contributed by atoms with Crippen molar-refractivity contribution in [3.05, 3.63) is 108 Å². The zero-order chi connectivity index (χ0) is 38.6. The molecule has 4 aromatic rings.